The van der Waals surface area contributed by atoms with Crippen LogP contribution in [0, 0.1) is 11.8 Å². The minimum Gasteiger partial charge on any atom is -0.352 e. The van der Waals surface area contributed by atoms with E-state index in [0.717, 1.165) is 37.9 Å². The quantitative estimate of drug-likeness (QED) is 0.908. The first-order valence-electron chi connectivity index (χ1n) is 8.58. The average molecular weight is 316 g/mol. The van der Waals surface area contributed by atoms with E-state index in [1.165, 1.54) is 5.56 Å². The van der Waals surface area contributed by atoms with Crippen molar-refractivity contribution in [2.45, 2.75) is 40.0 Å². The van der Waals surface area contributed by atoms with E-state index in [1.807, 2.05) is 17.0 Å². The van der Waals surface area contributed by atoms with Gasteiger partial charge in [0.15, 0.2) is 0 Å². The minimum atomic E-state index is 0.0000152. The fourth-order valence-electron chi connectivity index (χ4n) is 2.98. The Morgan fingerprint density at radius 3 is 2.30 bits per heavy atom. The van der Waals surface area contributed by atoms with Gasteiger partial charge in [-0.05, 0) is 48.8 Å². The first kappa shape index (κ1) is 17.5. The smallest absolute Gasteiger partial charge is 0.251 e. The van der Waals surface area contributed by atoms with E-state index in [-0.39, 0.29) is 11.8 Å². The summed E-state index contributed by atoms with van der Waals surface area (Å²) < 4.78 is 0. The van der Waals surface area contributed by atoms with Gasteiger partial charge in [0.2, 0.25) is 5.91 Å². The fourth-order valence-corrected chi connectivity index (χ4v) is 2.98. The average Bonchev–Trinajstić information content (AvgIpc) is 2.54. The molecule has 0 spiro atoms. The van der Waals surface area contributed by atoms with E-state index in [9.17, 15) is 9.59 Å². The molecule has 1 heterocycles. The van der Waals surface area contributed by atoms with E-state index >= 15 is 0 Å². The lowest BCUT2D eigenvalue weighted by atomic mass is 9.90. The highest BCUT2D eigenvalue weighted by Gasteiger charge is 2.20. The summed E-state index contributed by atoms with van der Waals surface area (Å²) in [6.45, 7) is 8.26. The van der Waals surface area contributed by atoms with Crippen molar-refractivity contribution in [3.05, 3.63) is 35.4 Å². The molecule has 23 heavy (non-hydrogen) atoms. The maximum atomic E-state index is 12.0. The summed E-state index contributed by atoms with van der Waals surface area (Å²) in [6, 6.07) is 7.94. The zero-order valence-corrected chi connectivity index (χ0v) is 14.5. The van der Waals surface area contributed by atoms with Crippen molar-refractivity contribution in [2.24, 2.45) is 11.8 Å². The molecule has 1 aliphatic rings. The lowest BCUT2D eigenvalue weighted by Crippen LogP contribution is -2.37. The number of nitrogens with one attached hydrogen (secondary N) is 1. The fraction of sp³-hybridized carbons (Fsp3) is 0.579. The van der Waals surface area contributed by atoms with Crippen molar-refractivity contribution in [3.8, 4) is 0 Å². The largest absolute Gasteiger partial charge is 0.352 e. The monoisotopic (exact) mass is 316 g/mol. The van der Waals surface area contributed by atoms with Crippen LogP contribution in [0.4, 0.5) is 0 Å². The lowest BCUT2D eigenvalue weighted by molar-refractivity contribution is -0.130. The van der Waals surface area contributed by atoms with Gasteiger partial charge in [0.05, 0.1) is 0 Å². The Morgan fingerprint density at radius 2 is 1.78 bits per heavy atom. The molecule has 0 bridgehead atoms. The summed E-state index contributed by atoms with van der Waals surface area (Å²) in [5, 5.41) is 2.94. The Balaban J connectivity index is 1.83. The summed E-state index contributed by atoms with van der Waals surface area (Å²) in [7, 11) is 0. The van der Waals surface area contributed by atoms with Crippen LogP contribution < -0.4 is 5.32 Å². The molecule has 4 nitrogen and oxygen atoms in total. The summed E-state index contributed by atoms with van der Waals surface area (Å²) in [5.41, 5.74) is 1.99. The third-order valence-electron chi connectivity index (χ3n) is 4.47. The number of rotatable bonds is 5. The molecular weight excluding hydrogens is 288 g/mol. The first-order chi connectivity index (χ1) is 11.0. The van der Waals surface area contributed by atoms with Crippen LogP contribution in [-0.4, -0.2) is 36.3 Å². The van der Waals surface area contributed by atoms with Crippen LogP contribution in [0.1, 0.15) is 49.5 Å². The van der Waals surface area contributed by atoms with Gasteiger partial charge >= 0.3 is 0 Å². The second kappa shape index (κ2) is 8.14. The van der Waals surface area contributed by atoms with Crippen molar-refractivity contribution < 1.29 is 9.59 Å². The van der Waals surface area contributed by atoms with Crippen molar-refractivity contribution in [2.75, 3.05) is 19.6 Å². The molecule has 1 aromatic carbocycles. The van der Waals surface area contributed by atoms with Gasteiger partial charge < -0.3 is 10.2 Å². The van der Waals surface area contributed by atoms with E-state index < -0.39 is 0 Å². The topological polar surface area (TPSA) is 49.4 Å². The molecule has 0 unspecified atom stereocenters. The van der Waals surface area contributed by atoms with Gasteiger partial charge in [-0.25, -0.2) is 0 Å². The van der Waals surface area contributed by atoms with Gasteiger partial charge in [-0.15, -0.1) is 0 Å². The number of hydrogen-bond acceptors (Lipinski definition) is 2. The summed E-state index contributed by atoms with van der Waals surface area (Å²) in [4.78, 5) is 25.3. The molecule has 1 fully saturated rings. The van der Waals surface area contributed by atoms with Crippen molar-refractivity contribution in [3.63, 3.8) is 0 Å². The predicted molar refractivity (Wildman–Crippen MR) is 92.3 cm³/mol. The molecule has 2 rings (SSSR count). The molecule has 126 valence electrons. The summed E-state index contributed by atoms with van der Waals surface area (Å²) in [6.07, 6.45) is 3.16. The predicted octanol–water partition coefficient (Wildman–Crippen LogP) is 2.87. The summed E-state index contributed by atoms with van der Waals surface area (Å²) >= 11 is 0. The number of benzene rings is 1. The van der Waals surface area contributed by atoms with Crippen LogP contribution in [0.2, 0.25) is 0 Å². The number of likely N-dealkylation sites (tertiary alicyclic amines) is 1. The second-order valence-corrected chi connectivity index (χ2v) is 6.95. The normalized spacial score (nSPS) is 15.7. The van der Waals surface area contributed by atoms with Gasteiger partial charge in [0.1, 0.15) is 0 Å². The molecule has 2 amide bonds. The minimum absolute atomic E-state index is 0.0000152. The lowest BCUT2D eigenvalue weighted by Gasteiger charge is -2.31. The van der Waals surface area contributed by atoms with E-state index in [1.54, 1.807) is 6.92 Å². The molecule has 1 saturated heterocycles. The number of carbonyl (C=O) groups is 2. The highest BCUT2D eigenvalue weighted by atomic mass is 16.2. The van der Waals surface area contributed by atoms with Gasteiger partial charge in [-0.2, -0.15) is 0 Å². The molecule has 0 atom stereocenters. The number of piperidine rings is 1. The van der Waals surface area contributed by atoms with Gasteiger partial charge in [0.25, 0.3) is 5.91 Å². The number of nitrogens with zero attached hydrogens (tertiary/aromatic N) is 1. The van der Waals surface area contributed by atoms with Crippen LogP contribution in [0.3, 0.4) is 0 Å². The summed E-state index contributed by atoms with van der Waals surface area (Å²) in [5.74, 6) is 1.27. The van der Waals surface area contributed by atoms with Gasteiger partial charge in [-0.3, -0.25) is 9.59 Å². The Kier molecular flexibility index (Phi) is 6.20. The Bertz CT molecular complexity index is 529. The first-order valence-corrected chi connectivity index (χ1v) is 8.58. The highest BCUT2D eigenvalue weighted by Crippen LogP contribution is 2.22. The Hall–Kier alpha value is -1.84. The van der Waals surface area contributed by atoms with Crippen LogP contribution in [-0.2, 0) is 11.2 Å². The molecule has 4 heteroatoms. The zero-order valence-electron chi connectivity index (χ0n) is 14.5. The standard InChI is InChI=1S/C19H28N2O2/c1-14(2)13-20-19(23)18-6-4-16(5-7-18)12-17-8-10-21(11-9-17)15(3)22/h4-7,14,17H,8-13H2,1-3H3,(H,20,23). The molecule has 1 aliphatic heterocycles. The molecule has 0 radical (unpaired) electrons. The molecule has 0 saturated carbocycles. The third kappa shape index (κ3) is 5.38. The number of carbonyl (C=O) groups excluding carboxylic acids is 2. The molecule has 1 aromatic rings. The van der Waals surface area contributed by atoms with Crippen LogP contribution in [0.5, 0.6) is 0 Å². The SMILES string of the molecule is CC(=O)N1CCC(Cc2ccc(C(=O)NCC(C)C)cc2)CC1. The number of hydrogen-bond donors (Lipinski definition) is 1. The number of amides is 2. The Labute approximate surface area is 139 Å². The van der Waals surface area contributed by atoms with E-state index in [0.29, 0.717) is 18.4 Å². The van der Waals surface area contributed by atoms with Crippen molar-refractivity contribution >= 4 is 11.8 Å². The molecular formula is C19H28N2O2. The van der Waals surface area contributed by atoms with Crippen molar-refractivity contribution in [1.82, 2.24) is 10.2 Å². The molecule has 0 aromatic heterocycles. The van der Waals surface area contributed by atoms with E-state index in [4.69, 9.17) is 0 Å². The van der Waals surface area contributed by atoms with Crippen LogP contribution >= 0.6 is 0 Å². The van der Waals surface area contributed by atoms with Gasteiger partial charge in [0, 0.05) is 32.1 Å². The highest BCUT2D eigenvalue weighted by molar-refractivity contribution is 5.94. The maximum absolute atomic E-state index is 12.0. The van der Waals surface area contributed by atoms with E-state index in [2.05, 4.69) is 31.3 Å². The maximum Gasteiger partial charge on any atom is 0.251 e. The van der Waals surface area contributed by atoms with Crippen LogP contribution in [0.15, 0.2) is 24.3 Å². The van der Waals surface area contributed by atoms with Gasteiger partial charge in [-0.1, -0.05) is 26.0 Å². The third-order valence-corrected chi connectivity index (χ3v) is 4.47. The second-order valence-electron chi connectivity index (χ2n) is 6.95. The van der Waals surface area contributed by atoms with Crippen LogP contribution in [0.25, 0.3) is 0 Å². The molecule has 0 aliphatic carbocycles. The Morgan fingerprint density at radius 1 is 1.17 bits per heavy atom. The zero-order chi connectivity index (χ0) is 16.8. The molecule has 1 N–H and O–H groups in total. The van der Waals surface area contributed by atoms with Crippen molar-refractivity contribution in [1.29, 1.82) is 0 Å².